The highest BCUT2D eigenvalue weighted by Crippen LogP contribution is 2.15. The molecule has 1 aliphatic heterocycles. The number of carbonyl (C=O) groups is 2. The number of benzene rings is 1. The van der Waals surface area contributed by atoms with Crippen molar-refractivity contribution < 1.29 is 14.3 Å². The van der Waals surface area contributed by atoms with Crippen molar-refractivity contribution in [2.45, 2.75) is 6.42 Å². The second-order valence-corrected chi connectivity index (χ2v) is 4.91. The molecular formula is C16H19N5O3. The van der Waals surface area contributed by atoms with E-state index in [0.717, 1.165) is 16.2 Å². The fourth-order valence-electron chi connectivity index (χ4n) is 2.00. The van der Waals surface area contributed by atoms with Crippen LogP contribution in [0.3, 0.4) is 0 Å². The Balaban J connectivity index is 2.01. The van der Waals surface area contributed by atoms with Crippen LogP contribution in [0.5, 0.6) is 5.75 Å². The summed E-state index contributed by atoms with van der Waals surface area (Å²) in [4.78, 5) is 28.9. The number of guanidine groups is 1. The van der Waals surface area contributed by atoms with E-state index in [1.807, 2.05) is 12.1 Å². The molecule has 8 heteroatoms. The fraction of sp³-hybridized carbons (Fsp3) is 0.188. The van der Waals surface area contributed by atoms with E-state index in [0.29, 0.717) is 13.0 Å². The summed E-state index contributed by atoms with van der Waals surface area (Å²) in [7, 11) is 1.58. The summed E-state index contributed by atoms with van der Waals surface area (Å²) in [6.45, 7) is 0.344. The van der Waals surface area contributed by atoms with E-state index in [4.69, 9.17) is 16.2 Å². The van der Waals surface area contributed by atoms with Gasteiger partial charge in [-0.05, 0) is 30.2 Å². The Morgan fingerprint density at radius 3 is 2.62 bits per heavy atom. The molecule has 1 aliphatic rings. The minimum atomic E-state index is -0.502. The van der Waals surface area contributed by atoms with Gasteiger partial charge in [0, 0.05) is 12.7 Å². The zero-order valence-electron chi connectivity index (χ0n) is 13.2. The Morgan fingerprint density at radius 1 is 1.29 bits per heavy atom. The molecule has 0 spiro atoms. The zero-order chi connectivity index (χ0) is 17.5. The van der Waals surface area contributed by atoms with Crippen LogP contribution in [0.15, 0.2) is 47.2 Å². The second-order valence-electron chi connectivity index (χ2n) is 4.91. The number of hydrogen-bond donors (Lipinski definition) is 3. The molecule has 0 bridgehead atoms. The van der Waals surface area contributed by atoms with Crippen LogP contribution in [0, 0.1) is 0 Å². The number of amides is 3. The van der Waals surface area contributed by atoms with E-state index >= 15 is 0 Å². The molecule has 1 fully saturated rings. The highest BCUT2D eigenvalue weighted by molar-refractivity contribution is 6.12. The average molecular weight is 329 g/mol. The van der Waals surface area contributed by atoms with E-state index in [9.17, 15) is 9.59 Å². The van der Waals surface area contributed by atoms with Gasteiger partial charge in [-0.15, -0.1) is 0 Å². The third-order valence-corrected chi connectivity index (χ3v) is 3.21. The molecule has 0 aromatic heterocycles. The highest BCUT2D eigenvalue weighted by atomic mass is 16.5. The maximum absolute atomic E-state index is 12.2. The lowest BCUT2D eigenvalue weighted by Gasteiger charge is -2.04. The Labute approximate surface area is 139 Å². The number of hydrogen-bond acceptors (Lipinski definition) is 4. The molecule has 0 saturated carbocycles. The molecule has 8 nitrogen and oxygen atoms in total. The molecular weight excluding hydrogens is 310 g/mol. The topological polar surface area (TPSA) is 123 Å². The van der Waals surface area contributed by atoms with Crippen molar-refractivity contribution in [2.75, 3.05) is 13.7 Å². The monoisotopic (exact) mass is 329 g/mol. The Kier molecular flexibility index (Phi) is 5.56. The first kappa shape index (κ1) is 17.1. The number of nitrogens with two attached hydrogens (primary N) is 2. The number of rotatable bonds is 6. The Morgan fingerprint density at radius 2 is 2.00 bits per heavy atom. The van der Waals surface area contributed by atoms with Crippen molar-refractivity contribution >= 4 is 24.0 Å². The van der Waals surface area contributed by atoms with Gasteiger partial charge in [-0.3, -0.25) is 9.79 Å². The van der Waals surface area contributed by atoms with Crippen LogP contribution < -0.4 is 21.5 Å². The summed E-state index contributed by atoms with van der Waals surface area (Å²) in [5.74, 6) is 0.293. The largest absolute Gasteiger partial charge is 0.497 e. The van der Waals surface area contributed by atoms with Crippen LogP contribution in [-0.2, 0) is 4.79 Å². The van der Waals surface area contributed by atoms with Gasteiger partial charge in [-0.1, -0.05) is 18.2 Å². The molecule has 1 heterocycles. The van der Waals surface area contributed by atoms with Gasteiger partial charge < -0.3 is 21.5 Å². The molecule has 24 heavy (non-hydrogen) atoms. The first-order valence-corrected chi connectivity index (χ1v) is 7.23. The van der Waals surface area contributed by atoms with Crippen LogP contribution in [-0.4, -0.2) is 36.5 Å². The number of nitrogens with one attached hydrogen (secondary N) is 1. The number of methoxy groups -OCH3 is 1. The van der Waals surface area contributed by atoms with Gasteiger partial charge in [0.15, 0.2) is 5.96 Å². The minimum absolute atomic E-state index is 0.0146. The van der Waals surface area contributed by atoms with Crippen molar-refractivity contribution in [1.82, 2.24) is 10.2 Å². The van der Waals surface area contributed by atoms with E-state index in [2.05, 4.69) is 10.3 Å². The number of aliphatic imine (C=N–C) groups is 1. The van der Waals surface area contributed by atoms with Crippen molar-refractivity contribution in [2.24, 2.45) is 16.5 Å². The summed E-state index contributed by atoms with van der Waals surface area (Å²) < 4.78 is 5.07. The van der Waals surface area contributed by atoms with Crippen LogP contribution in [0.4, 0.5) is 4.79 Å². The molecule has 0 aliphatic carbocycles. The number of urea groups is 1. The number of carbonyl (C=O) groups excluding carboxylic acids is 2. The smallest absolute Gasteiger partial charge is 0.333 e. The average Bonchev–Trinajstić information content (AvgIpc) is 2.84. The standard InChI is InChI=1S/C16H19N5O3/c1-24-12-6-4-11(5-7-12)8-10-21-14(22)13(20-16(21)23)3-2-9-19-15(17)18/h3-8,10H,2,9H2,1H3,(H,20,23)(H4,17,18,19). The Bertz CT molecular complexity index is 703. The van der Waals surface area contributed by atoms with Gasteiger partial charge in [-0.25, -0.2) is 9.69 Å². The number of ether oxygens (including phenoxy) is 1. The third kappa shape index (κ3) is 4.35. The van der Waals surface area contributed by atoms with Crippen molar-refractivity contribution in [3.8, 4) is 5.75 Å². The van der Waals surface area contributed by atoms with Gasteiger partial charge in [0.25, 0.3) is 5.91 Å². The van der Waals surface area contributed by atoms with Gasteiger partial charge >= 0.3 is 6.03 Å². The quantitative estimate of drug-likeness (QED) is 0.234. The van der Waals surface area contributed by atoms with E-state index < -0.39 is 11.9 Å². The maximum atomic E-state index is 12.2. The number of imide groups is 1. The van der Waals surface area contributed by atoms with E-state index in [1.54, 1.807) is 31.4 Å². The van der Waals surface area contributed by atoms with Crippen molar-refractivity contribution in [3.05, 3.63) is 47.8 Å². The summed E-state index contributed by atoms with van der Waals surface area (Å²) in [5, 5.41) is 2.51. The molecule has 2 rings (SSSR count). The summed E-state index contributed by atoms with van der Waals surface area (Å²) in [6.07, 6.45) is 5.12. The summed E-state index contributed by atoms with van der Waals surface area (Å²) in [5.41, 5.74) is 11.5. The molecule has 0 atom stereocenters. The first-order valence-electron chi connectivity index (χ1n) is 7.23. The normalized spacial score (nSPS) is 15.9. The molecule has 1 aromatic rings. The molecule has 5 N–H and O–H groups in total. The summed E-state index contributed by atoms with van der Waals surface area (Å²) in [6, 6.07) is 6.72. The predicted molar refractivity (Wildman–Crippen MR) is 90.8 cm³/mol. The highest BCUT2D eigenvalue weighted by Gasteiger charge is 2.31. The predicted octanol–water partition coefficient (Wildman–Crippen LogP) is 0.765. The third-order valence-electron chi connectivity index (χ3n) is 3.21. The van der Waals surface area contributed by atoms with Gasteiger partial charge in [0.05, 0.1) is 7.11 Å². The molecule has 1 saturated heterocycles. The lowest BCUT2D eigenvalue weighted by Crippen LogP contribution is -2.24. The van der Waals surface area contributed by atoms with Crippen LogP contribution in [0.2, 0.25) is 0 Å². The fourth-order valence-corrected chi connectivity index (χ4v) is 2.00. The van der Waals surface area contributed by atoms with Crippen molar-refractivity contribution in [1.29, 1.82) is 0 Å². The minimum Gasteiger partial charge on any atom is -0.497 e. The van der Waals surface area contributed by atoms with Crippen LogP contribution in [0.25, 0.3) is 6.08 Å². The molecule has 3 amide bonds. The molecule has 126 valence electrons. The lowest BCUT2D eigenvalue weighted by atomic mass is 10.2. The van der Waals surface area contributed by atoms with Crippen LogP contribution in [0.1, 0.15) is 12.0 Å². The summed E-state index contributed by atoms with van der Waals surface area (Å²) >= 11 is 0. The molecule has 0 radical (unpaired) electrons. The first-order chi connectivity index (χ1) is 11.5. The molecule has 1 aromatic carbocycles. The van der Waals surface area contributed by atoms with Gasteiger partial charge in [-0.2, -0.15) is 0 Å². The lowest BCUT2D eigenvalue weighted by molar-refractivity contribution is -0.121. The van der Waals surface area contributed by atoms with Gasteiger partial charge in [0.2, 0.25) is 0 Å². The maximum Gasteiger partial charge on any atom is 0.333 e. The Hall–Kier alpha value is -3.29. The van der Waals surface area contributed by atoms with Crippen molar-refractivity contribution in [3.63, 3.8) is 0 Å². The second kappa shape index (κ2) is 7.82. The van der Waals surface area contributed by atoms with Crippen LogP contribution >= 0.6 is 0 Å². The number of nitrogens with zero attached hydrogens (tertiary/aromatic N) is 2. The van der Waals surface area contributed by atoms with Gasteiger partial charge in [0.1, 0.15) is 11.4 Å². The van der Waals surface area contributed by atoms with E-state index in [1.165, 1.54) is 6.20 Å². The zero-order valence-corrected chi connectivity index (χ0v) is 13.2. The SMILES string of the molecule is COc1ccc(C=CN2C(=O)NC(=CCCN=C(N)N)C2=O)cc1. The molecule has 0 unspecified atom stereocenters. The van der Waals surface area contributed by atoms with E-state index in [-0.39, 0.29) is 11.7 Å².